The summed E-state index contributed by atoms with van der Waals surface area (Å²) in [4.78, 5) is 5.97. The van der Waals surface area contributed by atoms with Crippen LogP contribution in [-0.4, -0.2) is 24.8 Å². The lowest BCUT2D eigenvalue weighted by Gasteiger charge is -2.18. The van der Waals surface area contributed by atoms with Crippen molar-refractivity contribution in [3.8, 4) is 0 Å². The van der Waals surface area contributed by atoms with Crippen LogP contribution in [0.1, 0.15) is 11.1 Å². The molecule has 1 N–H and O–H groups in total. The molecule has 0 aliphatic rings. The van der Waals surface area contributed by atoms with Crippen molar-refractivity contribution in [2.45, 2.75) is 6.54 Å². The zero-order valence-electron chi connectivity index (χ0n) is 15.9. The molecule has 3 nitrogen and oxygen atoms in total. The average Bonchev–Trinajstić information content (AvgIpc) is 2.66. The molecule has 0 heterocycles. The highest BCUT2D eigenvalue weighted by Gasteiger charge is 2.17. The Labute approximate surface area is 166 Å². The van der Waals surface area contributed by atoms with Crippen molar-refractivity contribution < 1.29 is 17.6 Å². The maximum absolute atomic E-state index is 14.2. The second-order valence-corrected chi connectivity index (χ2v) is 6.65. The normalized spacial score (nSPS) is 11.8. The minimum absolute atomic E-state index is 0.0737. The first kappa shape index (κ1) is 20.5. The number of amidine groups is 1. The largest absolute Gasteiger partial charge is 0.335 e. The SMILES string of the molecule is CN(C)Cc1ccccc1C(=Nc1c(F)cccc1F)Nc1c(F)cccc1F. The summed E-state index contributed by atoms with van der Waals surface area (Å²) in [5.41, 5.74) is 0.220. The number of hydrogen-bond acceptors (Lipinski definition) is 2. The van der Waals surface area contributed by atoms with Crippen LogP contribution in [0.15, 0.2) is 65.7 Å². The number of halogens is 4. The minimum Gasteiger partial charge on any atom is -0.335 e. The standard InChI is InChI=1S/C22H19F4N3/c1-29(2)13-14-7-3-4-8-15(14)22(27-20-16(23)9-5-10-17(20)24)28-21-18(25)11-6-12-19(21)26/h3-12H,13H2,1-2H3,(H,27,28). The quantitative estimate of drug-likeness (QED) is 0.348. The van der Waals surface area contributed by atoms with Gasteiger partial charge in [0.25, 0.3) is 0 Å². The van der Waals surface area contributed by atoms with Crippen molar-refractivity contribution in [3.63, 3.8) is 0 Å². The number of nitrogens with one attached hydrogen (secondary N) is 1. The van der Waals surface area contributed by atoms with Crippen molar-refractivity contribution in [2.24, 2.45) is 4.99 Å². The van der Waals surface area contributed by atoms with Crippen molar-refractivity contribution in [1.82, 2.24) is 4.90 Å². The summed E-state index contributed by atoms with van der Waals surface area (Å²) in [6.45, 7) is 0.483. The number of nitrogens with zero attached hydrogens (tertiary/aromatic N) is 2. The van der Waals surface area contributed by atoms with E-state index in [1.54, 1.807) is 18.2 Å². The molecule has 0 atom stereocenters. The molecule has 0 aliphatic heterocycles. The molecule has 0 aromatic heterocycles. The molecular weight excluding hydrogens is 382 g/mol. The molecule has 3 rings (SSSR count). The highest BCUT2D eigenvalue weighted by Crippen LogP contribution is 2.26. The van der Waals surface area contributed by atoms with E-state index in [2.05, 4.69) is 10.3 Å². The van der Waals surface area contributed by atoms with E-state index in [4.69, 9.17) is 0 Å². The topological polar surface area (TPSA) is 27.6 Å². The van der Waals surface area contributed by atoms with Crippen LogP contribution in [0.2, 0.25) is 0 Å². The zero-order chi connectivity index (χ0) is 21.0. The van der Waals surface area contributed by atoms with Gasteiger partial charge in [0.15, 0.2) is 11.6 Å². The number of rotatable bonds is 5. The number of benzene rings is 3. The Bertz CT molecular complexity index is 1010. The van der Waals surface area contributed by atoms with Gasteiger partial charge in [0.1, 0.15) is 28.8 Å². The van der Waals surface area contributed by atoms with Gasteiger partial charge in [-0.25, -0.2) is 22.6 Å². The third kappa shape index (κ3) is 4.81. The Morgan fingerprint density at radius 3 is 1.93 bits per heavy atom. The summed E-state index contributed by atoms with van der Waals surface area (Å²) in [5, 5.41) is 2.60. The number of aliphatic imine (C=N–C) groups is 1. The summed E-state index contributed by atoms with van der Waals surface area (Å²) >= 11 is 0. The molecule has 3 aromatic rings. The molecule has 0 saturated heterocycles. The van der Waals surface area contributed by atoms with E-state index in [-0.39, 0.29) is 5.84 Å². The molecule has 0 spiro atoms. The molecule has 0 amide bonds. The highest BCUT2D eigenvalue weighted by atomic mass is 19.1. The van der Waals surface area contributed by atoms with E-state index in [1.165, 1.54) is 12.1 Å². The average molecular weight is 401 g/mol. The second kappa shape index (κ2) is 8.87. The predicted molar refractivity (Wildman–Crippen MR) is 106 cm³/mol. The Kier molecular flexibility index (Phi) is 6.29. The van der Waals surface area contributed by atoms with Crippen LogP contribution in [-0.2, 0) is 6.54 Å². The first-order chi connectivity index (χ1) is 13.9. The van der Waals surface area contributed by atoms with Crippen LogP contribution >= 0.6 is 0 Å². The van der Waals surface area contributed by atoms with Crippen LogP contribution < -0.4 is 5.32 Å². The van der Waals surface area contributed by atoms with Gasteiger partial charge in [0.05, 0.1) is 0 Å². The van der Waals surface area contributed by atoms with E-state index < -0.39 is 34.6 Å². The maximum atomic E-state index is 14.2. The highest BCUT2D eigenvalue weighted by molar-refractivity contribution is 6.10. The molecule has 0 fully saturated rings. The molecule has 29 heavy (non-hydrogen) atoms. The maximum Gasteiger partial charge on any atom is 0.151 e. The lowest BCUT2D eigenvalue weighted by Crippen LogP contribution is -2.20. The van der Waals surface area contributed by atoms with Gasteiger partial charge in [-0.3, -0.25) is 0 Å². The monoisotopic (exact) mass is 401 g/mol. The lowest BCUT2D eigenvalue weighted by molar-refractivity contribution is 0.402. The van der Waals surface area contributed by atoms with E-state index in [0.717, 1.165) is 29.8 Å². The number of anilines is 1. The molecule has 0 radical (unpaired) electrons. The summed E-state index contributed by atoms with van der Waals surface area (Å²) in [7, 11) is 3.71. The van der Waals surface area contributed by atoms with E-state index in [9.17, 15) is 17.6 Å². The summed E-state index contributed by atoms with van der Waals surface area (Å²) in [5.74, 6) is -3.55. The summed E-state index contributed by atoms with van der Waals surface area (Å²) < 4.78 is 56.8. The van der Waals surface area contributed by atoms with Crippen LogP contribution in [0.5, 0.6) is 0 Å². The third-order valence-electron chi connectivity index (χ3n) is 4.13. The van der Waals surface area contributed by atoms with Gasteiger partial charge in [-0.1, -0.05) is 36.4 Å². The molecule has 0 aliphatic carbocycles. The Morgan fingerprint density at radius 2 is 1.34 bits per heavy atom. The van der Waals surface area contributed by atoms with Gasteiger partial charge in [0, 0.05) is 12.1 Å². The minimum atomic E-state index is -0.886. The van der Waals surface area contributed by atoms with Crippen molar-refractivity contribution in [3.05, 3.63) is 95.1 Å². The second-order valence-electron chi connectivity index (χ2n) is 6.65. The van der Waals surface area contributed by atoms with Gasteiger partial charge in [-0.05, 0) is 43.9 Å². The van der Waals surface area contributed by atoms with Crippen LogP contribution in [0.25, 0.3) is 0 Å². The third-order valence-corrected chi connectivity index (χ3v) is 4.13. The molecule has 7 heteroatoms. The molecule has 150 valence electrons. The number of hydrogen-bond donors (Lipinski definition) is 1. The van der Waals surface area contributed by atoms with Gasteiger partial charge >= 0.3 is 0 Å². The predicted octanol–water partition coefficient (Wildman–Crippen LogP) is 5.50. The van der Waals surface area contributed by atoms with Crippen molar-refractivity contribution >= 4 is 17.2 Å². The Hall–Kier alpha value is -3.19. The van der Waals surface area contributed by atoms with Gasteiger partial charge in [0.2, 0.25) is 0 Å². The number of para-hydroxylation sites is 2. The fourth-order valence-corrected chi connectivity index (χ4v) is 2.83. The fourth-order valence-electron chi connectivity index (χ4n) is 2.83. The van der Waals surface area contributed by atoms with Crippen molar-refractivity contribution in [2.75, 3.05) is 19.4 Å². The molecule has 0 bridgehead atoms. The van der Waals surface area contributed by atoms with Crippen LogP contribution in [0, 0.1) is 23.3 Å². The van der Waals surface area contributed by atoms with Gasteiger partial charge in [-0.15, -0.1) is 0 Å². The smallest absolute Gasteiger partial charge is 0.151 e. The van der Waals surface area contributed by atoms with Gasteiger partial charge < -0.3 is 10.2 Å². The summed E-state index contributed by atoms with van der Waals surface area (Å²) in [6, 6.07) is 13.7. The molecule has 3 aromatic carbocycles. The molecule has 0 unspecified atom stereocenters. The van der Waals surface area contributed by atoms with Crippen LogP contribution in [0.3, 0.4) is 0 Å². The molecular formula is C22H19F4N3. The van der Waals surface area contributed by atoms with E-state index in [0.29, 0.717) is 12.1 Å². The van der Waals surface area contributed by atoms with E-state index >= 15 is 0 Å². The first-order valence-corrected chi connectivity index (χ1v) is 8.83. The summed E-state index contributed by atoms with van der Waals surface area (Å²) in [6.07, 6.45) is 0. The lowest BCUT2D eigenvalue weighted by atomic mass is 10.1. The van der Waals surface area contributed by atoms with E-state index in [1.807, 2.05) is 25.1 Å². The van der Waals surface area contributed by atoms with Gasteiger partial charge in [-0.2, -0.15) is 0 Å². The van der Waals surface area contributed by atoms with Crippen molar-refractivity contribution in [1.29, 1.82) is 0 Å². The van der Waals surface area contributed by atoms with Crippen LogP contribution in [0.4, 0.5) is 28.9 Å². The Balaban J connectivity index is 2.19. The molecule has 0 saturated carbocycles. The zero-order valence-corrected chi connectivity index (χ0v) is 15.9. The fraction of sp³-hybridized carbons (Fsp3) is 0.136. The first-order valence-electron chi connectivity index (χ1n) is 8.83. The Morgan fingerprint density at radius 1 is 0.793 bits per heavy atom.